The molecule has 2 aromatic rings. The number of benzene rings is 1. The van der Waals surface area contributed by atoms with Crippen LogP contribution >= 0.6 is 0 Å². The van der Waals surface area contributed by atoms with E-state index in [1.54, 1.807) is 0 Å². The van der Waals surface area contributed by atoms with Gasteiger partial charge in [0.15, 0.2) is 0 Å². The van der Waals surface area contributed by atoms with E-state index >= 15 is 0 Å². The molecule has 2 aliphatic heterocycles. The Bertz CT molecular complexity index is 683. The molecule has 0 radical (unpaired) electrons. The molecule has 24 heavy (non-hydrogen) atoms. The molecule has 2 N–H and O–H groups in total. The number of ether oxygens (including phenoxy) is 1. The number of nitrogens with one attached hydrogen (secondary N) is 2. The standard InChI is InChI=1S/C19H24N4O/c1-2-4-14(5-3-1)12-18-22-17-7-10-20-9-6-16(17)19(23-18)21-15-8-11-24-13-15/h1-5,15,20H,6-13H2,(H,21,22,23). The van der Waals surface area contributed by atoms with Gasteiger partial charge in [0.25, 0.3) is 0 Å². The first-order chi connectivity index (χ1) is 11.9. The number of nitrogens with zero attached hydrogens (tertiary/aromatic N) is 2. The lowest BCUT2D eigenvalue weighted by atomic mass is 10.1. The van der Waals surface area contributed by atoms with Crippen molar-refractivity contribution in [3.63, 3.8) is 0 Å². The minimum Gasteiger partial charge on any atom is -0.379 e. The van der Waals surface area contributed by atoms with Crippen LogP contribution in [0.4, 0.5) is 5.82 Å². The lowest BCUT2D eigenvalue weighted by Crippen LogP contribution is -2.22. The quantitative estimate of drug-likeness (QED) is 0.900. The predicted molar refractivity (Wildman–Crippen MR) is 94.4 cm³/mol. The van der Waals surface area contributed by atoms with E-state index in [9.17, 15) is 0 Å². The smallest absolute Gasteiger partial charge is 0.135 e. The van der Waals surface area contributed by atoms with E-state index in [0.717, 1.165) is 63.6 Å². The second kappa shape index (κ2) is 7.28. The minimum absolute atomic E-state index is 0.366. The predicted octanol–water partition coefficient (Wildman–Crippen LogP) is 1.96. The van der Waals surface area contributed by atoms with Crippen molar-refractivity contribution >= 4 is 5.82 Å². The first-order valence-corrected chi connectivity index (χ1v) is 8.86. The highest BCUT2D eigenvalue weighted by atomic mass is 16.5. The minimum atomic E-state index is 0.366. The van der Waals surface area contributed by atoms with Crippen molar-refractivity contribution in [3.8, 4) is 0 Å². The third kappa shape index (κ3) is 3.57. The monoisotopic (exact) mass is 324 g/mol. The van der Waals surface area contributed by atoms with E-state index in [1.807, 2.05) is 6.07 Å². The molecule has 5 nitrogen and oxygen atoms in total. The Hall–Kier alpha value is -1.98. The van der Waals surface area contributed by atoms with Gasteiger partial charge in [0.1, 0.15) is 11.6 Å². The van der Waals surface area contributed by atoms with Crippen LogP contribution in [-0.4, -0.2) is 42.3 Å². The molecule has 0 saturated carbocycles. The molecule has 5 heteroatoms. The molecule has 126 valence electrons. The van der Waals surface area contributed by atoms with E-state index in [4.69, 9.17) is 14.7 Å². The number of anilines is 1. The SMILES string of the molecule is c1ccc(Cc2nc3c(c(NC4CCOC4)n2)CCNCC3)cc1. The molecular weight excluding hydrogens is 300 g/mol. The van der Waals surface area contributed by atoms with Gasteiger partial charge in [-0.15, -0.1) is 0 Å². The summed E-state index contributed by atoms with van der Waals surface area (Å²) in [6, 6.07) is 10.8. The zero-order valence-corrected chi connectivity index (χ0v) is 13.9. The van der Waals surface area contributed by atoms with E-state index in [2.05, 4.69) is 34.9 Å². The number of fused-ring (bicyclic) bond motifs is 1. The summed E-state index contributed by atoms with van der Waals surface area (Å²) in [4.78, 5) is 9.76. The van der Waals surface area contributed by atoms with Gasteiger partial charge >= 0.3 is 0 Å². The number of rotatable bonds is 4. The fourth-order valence-electron chi connectivity index (χ4n) is 3.41. The molecule has 1 unspecified atom stereocenters. The van der Waals surface area contributed by atoms with Crippen LogP contribution in [0.1, 0.15) is 29.1 Å². The Morgan fingerprint density at radius 1 is 1.12 bits per heavy atom. The van der Waals surface area contributed by atoms with Crippen LogP contribution in [0.15, 0.2) is 30.3 Å². The molecule has 0 spiro atoms. The van der Waals surface area contributed by atoms with Crippen molar-refractivity contribution < 1.29 is 4.74 Å². The van der Waals surface area contributed by atoms with Crippen molar-refractivity contribution in [1.29, 1.82) is 0 Å². The van der Waals surface area contributed by atoms with Crippen molar-refractivity contribution in [2.75, 3.05) is 31.6 Å². The first-order valence-electron chi connectivity index (χ1n) is 8.86. The lowest BCUT2D eigenvalue weighted by Gasteiger charge is -2.18. The molecule has 0 bridgehead atoms. The first kappa shape index (κ1) is 15.5. The van der Waals surface area contributed by atoms with Gasteiger partial charge in [-0.3, -0.25) is 0 Å². The second-order valence-electron chi connectivity index (χ2n) is 6.53. The normalized spacial score (nSPS) is 20.4. The van der Waals surface area contributed by atoms with Crippen molar-refractivity contribution in [1.82, 2.24) is 15.3 Å². The van der Waals surface area contributed by atoms with E-state index in [-0.39, 0.29) is 0 Å². The summed E-state index contributed by atoms with van der Waals surface area (Å²) in [5.74, 6) is 1.92. The second-order valence-corrected chi connectivity index (χ2v) is 6.53. The molecular formula is C19H24N4O. The van der Waals surface area contributed by atoms with Crippen LogP contribution in [0.3, 0.4) is 0 Å². The van der Waals surface area contributed by atoms with Crippen LogP contribution in [-0.2, 0) is 24.0 Å². The number of hydrogen-bond acceptors (Lipinski definition) is 5. The largest absolute Gasteiger partial charge is 0.379 e. The third-order valence-corrected chi connectivity index (χ3v) is 4.71. The van der Waals surface area contributed by atoms with Gasteiger partial charge in [0, 0.05) is 31.6 Å². The highest BCUT2D eigenvalue weighted by molar-refractivity contribution is 5.49. The Morgan fingerprint density at radius 3 is 2.83 bits per heavy atom. The molecule has 1 saturated heterocycles. The summed E-state index contributed by atoms with van der Waals surface area (Å²) in [7, 11) is 0. The fraction of sp³-hybridized carbons (Fsp3) is 0.474. The van der Waals surface area contributed by atoms with Gasteiger partial charge in [-0.2, -0.15) is 0 Å². The maximum Gasteiger partial charge on any atom is 0.135 e. The molecule has 1 atom stereocenters. The molecule has 0 aliphatic carbocycles. The highest BCUT2D eigenvalue weighted by Gasteiger charge is 2.21. The van der Waals surface area contributed by atoms with Crippen molar-refractivity contribution in [3.05, 3.63) is 53.0 Å². The van der Waals surface area contributed by atoms with Crippen LogP contribution in [0.5, 0.6) is 0 Å². The van der Waals surface area contributed by atoms with E-state index in [0.29, 0.717) is 6.04 Å². The molecule has 0 amide bonds. The van der Waals surface area contributed by atoms with E-state index in [1.165, 1.54) is 16.8 Å². The Labute approximate surface area is 142 Å². The van der Waals surface area contributed by atoms with Crippen molar-refractivity contribution in [2.24, 2.45) is 0 Å². The van der Waals surface area contributed by atoms with Crippen molar-refractivity contribution in [2.45, 2.75) is 31.7 Å². The number of hydrogen-bond donors (Lipinski definition) is 2. The maximum atomic E-state index is 5.51. The molecule has 2 aliphatic rings. The molecule has 1 fully saturated rings. The lowest BCUT2D eigenvalue weighted by molar-refractivity contribution is 0.195. The Morgan fingerprint density at radius 2 is 2.00 bits per heavy atom. The average Bonchev–Trinajstić information content (AvgIpc) is 2.99. The van der Waals surface area contributed by atoms with Gasteiger partial charge in [0.2, 0.25) is 0 Å². The van der Waals surface area contributed by atoms with Crippen LogP contribution < -0.4 is 10.6 Å². The molecule has 4 rings (SSSR count). The summed E-state index contributed by atoms with van der Waals surface area (Å²) >= 11 is 0. The molecule has 1 aromatic carbocycles. The summed E-state index contributed by atoms with van der Waals surface area (Å²) in [5.41, 5.74) is 3.73. The van der Waals surface area contributed by atoms with Crippen LogP contribution in [0, 0.1) is 0 Å². The van der Waals surface area contributed by atoms with Gasteiger partial charge < -0.3 is 15.4 Å². The summed E-state index contributed by atoms with van der Waals surface area (Å²) in [5, 5.41) is 7.08. The van der Waals surface area contributed by atoms with Gasteiger partial charge in [-0.25, -0.2) is 9.97 Å². The van der Waals surface area contributed by atoms with Gasteiger partial charge in [-0.05, 0) is 24.9 Å². The van der Waals surface area contributed by atoms with Crippen LogP contribution in [0.2, 0.25) is 0 Å². The summed E-state index contributed by atoms with van der Waals surface area (Å²) in [6.07, 6.45) is 3.77. The maximum absolute atomic E-state index is 5.51. The van der Waals surface area contributed by atoms with E-state index < -0.39 is 0 Å². The zero-order chi connectivity index (χ0) is 16.2. The molecule has 1 aromatic heterocycles. The fourth-order valence-corrected chi connectivity index (χ4v) is 3.41. The highest BCUT2D eigenvalue weighted by Crippen LogP contribution is 2.23. The average molecular weight is 324 g/mol. The van der Waals surface area contributed by atoms with Gasteiger partial charge in [-0.1, -0.05) is 30.3 Å². The molecule has 3 heterocycles. The summed E-state index contributed by atoms with van der Waals surface area (Å²) in [6.45, 7) is 3.58. The summed E-state index contributed by atoms with van der Waals surface area (Å²) < 4.78 is 5.51. The Balaban J connectivity index is 1.65. The Kier molecular flexibility index (Phi) is 4.71. The van der Waals surface area contributed by atoms with Gasteiger partial charge in [0.05, 0.1) is 18.3 Å². The topological polar surface area (TPSA) is 59.1 Å². The number of aromatic nitrogens is 2. The third-order valence-electron chi connectivity index (χ3n) is 4.71. The zero-order valence-electron chi connectivity index (χ0n) is 13.9. The van der Waals surface area contributed by atoms with Crippen LogP contribution in [0.25, 0.3) is 0 Å².